The number of β-amino-alcohol motifs (C(OH)–C–C–N with tert-alkyl or cyclic N) is 1. The first-order valence-corrected chi connectivity index (χ1v) is 13.5. The number of rotatable bonds is 8. The number of anilines is 1. The van der Waals surface area contributed by atoms with Crippen molar-refractivity contribution >= 4 is 5.82 Å². The predicted octanol–water partition coefficient (Wildman–Crippen LogP) is 3.17. The van der Waals surface area contributed by atoms with Crippen molar-refractivity contribution in [3.8, 4) is 11.4 Å². The average molecular weight is 502 g/mol. The Kier molecular flexibility index (Phi) is 8.46. The Morgan fingerprint density at radius 1 is 0.838 bits per heavy atom. The first-order chi connectivity index (χ1) is 18.0. The van der Waals surface area contributed by atoms with Crippen LogP contribution in [0, 0.1) is 13.8 Å². The van der Waals surface area contributed by atoms with Gasteiger partial charge in [0.05, 0.1) is 19.3 Å². The van der Waals surface area contributed by atoms with E-state index in [2.05, 4.69) is 64.9 Å². The smallest absolute Gasteiger partial charge is 0.161 e. The van der Waals surface area contributed by atoms with Crippen LogP contribution in [0.3, 0.4) is 0 Å². The molecule has 196 valence electrons. The third-order valence-corrected chi connectivity index (χ3v) is 7.40. The zero-order valence-electron chi connectivity index (χ0n) is 22.1. The highest BCUT2D eigenvalue weighted by molar-refractivity contribution is 5.61. The lowest BCUT2D eigenvalue weighted by atomic mass is 10.0. The number of piperazine rings is 1. The molecule has 7 heteroatoms. The molecular formula is C30H39N5O2. The quantitative estimate of drug-likeness (QED) is 0.509. The highest BCUT2D eigenvalue weighted by Crippen LogP contribution is 2.28. The van der Waals surface area contributed by atoms with Gasteiger partial charge in [0, 0.05) is 75.6 Å². The average Bonchev–Trinajstić information content (AvgIpc) is 2.91. The van der Waals surface area contributed by atoms with Crippen LogP contribution in [0.1, 0.15) is 22.4 Å². The topological polar surface area (TPSA) is 65.0 Å². The van der Waals surface area contributed by atoms with Gasteiger partial charge < -0.3 is 14.7 Å². The number of hydrogen-bond acceptors (Lipinski definition) is 7. The molecular weight excluding hydrogens is 462 g/mol. The summed E-state index contributed by atoms with van der Waals surface area (Å²) in [5, 5.41) is 10.7. The van der Waals surface area contributed by atoms with Gasteiger partial charge in [-0.2, -0.15) is 0 Å². The number of morpholine rings is 1. The van der Waals surface area contributed by atoms with Crippen molar-refractivity contribution in [3.05, 3.63) is 77.0 Å². The summed E-state index contributed by atoms with van der Waals surface area (Å²) < 4.78 is 5.43. The number of aromatic nitrogens is 2. The van der Waals surface area contributed by atoms with Gasteiger partial charge in [0.2, 0.25) is 0 Å². The van der Waals surface area contributed by atoms with Crippen molar-refractivity contribution in [1.29, 1.82) is 0 Å². The molecule has 3 heterocycles. The Balaban J connectivity index is 1.32. The van der Waals surface area contributed by atoms with Crippen LogP contribution < -0.4 is 4.90 Å². The van der Waals surface area contributed by atoms with Crippen molar-refractivity contribution in [1.82, 2.24) is 19.8 Å². The van der Waals surface area contributed by atoms with Crippen molar-refractivity contribution in [2.75, 3.05) is 70.5 Å². The van der Waals surface area contributed by atoms with Gasteiger partial charge in [0.15, 0.2) is 5.82 Å². The molecule has 2 saturated heterocycles. The van der Waals surface area contributed by atoms with Crippen LogP contribution in [0.5, 0.6) is 0 Å². The summed E-state index contributed by atoms with van der Waals surface area (Å²) in [5.74, 6) is 1.82. The summed E-state index contributed by atoms with van der Waals surface area (Å²) >= 11 is 0. The zero-order chi connectivity index (χ0) is 25.6. The van der Waals surface area contributed by atoms with E-state index in [1.54, 1.807) is 0 Å². The maximum Gasteiger partial charge on any atom is 0.161 e. The molecule has 1 unspecified atom stereocenters. The molecule has 0 radical (unpaired) electrons. The van der Waals surface area contributed by atoms with Crippen LogP contribution in [0.4, 0.5) is 5.82 Å². The molecule has 0 aliphatic carbocycles. The number of benzene rings is 2. The fourth-order valence-corrected chi connectivity index (χ4v) is 5.37. The Labute approximate surface area is 220 Å². The lowest BCUT2D eigenvalue weighted by Gasteiger charge is -2.38. The maximum absolute atomic E-state index is 10.7. The van der Waals surface area contributed by atoms with E-state index >= 15 is 0 Å². The summed E-state index contributed by atoms with van der Waals surface area (Å²) in [6.07, 6.45) is 0.476. The van der Waals surface area contributed by atoms with Gasteiger partial charge in [-0.15, -0.1) is 0 Å². The molecule has 1 aromatic heterocycles. The van der Waals surface area contributed by atoms with Crippen LogP contribution in [-0.4, -0.2) is 96.6 Å². The maximum atomic E-state index is 10.7. The van der Waals surface area contributed by atoms with Gasteiger partial charge in [0.25, 0.3) is 0 Å². The number of aryl methyl sites for hydroxylation is 2. The van der Waals surface area contributed by atoms with Crippen LogP contribution in [0.2, 0.25) is 0 Å². The molecule has 5 rings (SSSR count). The van der Waals surface area contributed by atoms with E-state index in [1.807, 2.05) is 18.2 Å². The summed E-state index contributed by atoms with van der Waals surface area (Å²) in [4.78, 5) is 17.2. The molecule has 7 nitrogen and oxygen atoms in total. The fraction of sp³-hybridized carbons (Fsp3) is 0.467. The molecule has 2 aromatic carbocycles. The Morgan fingerprint density at radius 2 is 1.54 bits per heavy atom. The van der Waals surface area contributed by atoms with Crippen molar-refractivity contribution < 1.29 is 9.84 Å². The Morgan fingerprint density at radius 3 is 2.24 bits per heavy atom. The molecule has 1 N–H and O–H groups in total. The van der Waals surface area contributed by atoms with E-state index in [4.69, 9.17) is 14.7 Å². The second-order valence-electron chi connectivity index (χ2n) is 10.3. The molecule has 0 amide bonds. The minimum Gasteiger partial charge on any atom is -0.390 e. The van der Waals surface area contributed by atoms with Gasteiger partial charge in [-0.1, -0.05) is 60.2 Å². The summed E-state index contributed by atoms with van der Waals surface area (Å²) in [6.45, 7) is 12.6. The minimum absolute atomic E-state index is 0.340. The predicted molar refractivity (Wildman–Crippen MR) is 148 cm³/mol. The molecule has 1 atom stereocenters. The van der Waals surface area contributed by atoms with Crippen molar-refractivity contribution in [2.45, 2.75) is 26.4 Å². The van der Waals surface area contributed by atoms with E-state index < -0.39 is 0 Å². The molecule has 0 spiro atoms. The molecule has 0 saturated carbocycles. The first kappa shape index (κ1) is 25.8. The number of aliphatic hydroxyl groups excluding tert-OH is 1. The molecule has 3 aromatic rings. The van der Waals surface area contributed by atoms with Gasteiger partial charge >= 0.3 is 0 Å². The normalized spacial score (nSPS) is 18.2. The first-order valence-electron chi connectivity index (χ1n) is 13.5. The van der Waals surface area contributed by atoms with Crippen LogP contribution in [0.15, 0.2) is 54.6 Å². The second kappa shape index (κ2) is 12.1. The van der Waals surface area contributed by atoms with E-state index in [1.165, 1.54) is 16.7 Å². The summed E-state index contributed by atoms with van der Waals surface area (Å²) in [5.41, 5.74) is 5.83. The SMILES string of the molecule is Cc1cccc(Cc2c(C)nc(-c3ccccc3)nc2N2CCN(CC(O)CN3CCOCC3)CC2)c1. The molecule has 2 aliphatic heterocycles. The fourth-order valence-electron chi connectivity index (χ4n) is 5.37. The second-order valence-corrected chi connectivity index (χ2v) is 10.3. The Hall–Kier alpha value is -2.84. The van der Waals surface area contributed by atoms with Crippen LogP contribution in [0.25, 0.3) is 11.4 Å². The number of nitrogens with zero attached hydrogens (tertiary/aromatic N) is 5. The van der Waals surface area contributed by atoms with Crippen LogP contribution >= 0.6 is 0 Å². The van der Waals surface area contributed by atoms with E-state index in [9.17, 15) is 5.11 Å². The minimum atomic E-state index is -0.340. The lowest BCUT2D eigenvalue weighted by molar-refractivity contribution is 0.00655. The zero-order valence-corrected chi connectivity index (χ0v) is 22.1. The van der Waals surface area contributed by atoms with Gasteiger partial charge in [-0.05, 0) is 19.4 Å². The number of hydrogen-bond donors (Lipinski definition) is 1. The van der Waals surface area contributed by atoms with Crippen molar-refractivity contribution in [3.63, 3.8) is 0 Å². The van der Waals surface area contributed by atoms with Gasteiger partial charge in [0.1, 0.15) is 5.82 Å². The molecule has 2 aliphatic rings. The standard InChI is InChI=1S/C30H39N5O2/c1-23-7-6-8-25(19-23)20-28-24(2)31-29(26-9-4-3-5-10-26)32-30(28)35-13-11-33(12-14-35)21-27(36)22-34-15-17-37-18-16-34/h3-10,19,27,36H,11-18,20-22H2,1-2H3. The summed E-state index contributed by atoms with van der Waals surface area (Å²) in [6, 6.07) is 19.0. The largest absolute Gasteiger partial charge is 0.390 e. The van der Waals surface area contributed by atoms with Crippen LogP contribution in [-0.2, 0) is 11.2 Å². The van der Waals surface area contributed by atoms with E-state index in [0.29, 0.717) is 6.54 Å². The highest BCUT2D eigenvalue weighted by Gasteiger charge is 2.25. The van der Waals surface area contributed by atoms with Gasteiger partial charge in [-0.25, -0.2) is 9.97 Å². The number of ether oxygens (including phenoxy) is 1. The molecule has 37 heavy (non-hydrogen) atoms. The Bertz CT molecular complexity index is 1160. The van der Waals surface area contributed by atoms with Gasteiger partial charge in [-0.3, -0.25) is 9.80 Å². The highest BCUT2D eigenvalue weighted by atomic mass is 16.5. The monoisotopic (exact) mass is 501 g/mol. The third-order valence-electron chi connectivity index (χ3n) is 7.40. The van der Waals surface area contributed by atoms with Crippen molar-refractivity contribution in [2.24, 2.45) is 0 Å². The lowest BCUT2D eigenvalue weighted by Crippen LogP contribution is -2.51. The molecule has 2 fully saturated rings. The van der Waals surface area contributed by atoms with E-state index in [-0.39, 0.29) is 6.10 Å². The van der Waals surface area contributed by atoms with E-state index in [0.717, 1.165) is 88.3 Å². The third kappa shape index (κ3) is 6.73. The summed E-state index contributed by atoms with van der Waals surface area (Å²) in [7, 11) is 0. The molecule has 0 bridgehead atoms. The number of aliphatic hydroxyl groups is 1.